The van der Waals surface area contributed by atoms with Gasteiger partial charge < -0.3 is 15.1 Å². The smallest absolute Gasteiger partial charge is 0.291 e. The molecule has 0 fully saturated rings. The van der Waals surface area contributed by atoms with Gasteiger partial charge in [-0.1, -0.05) is 23.7 Å². The van der Waals surface area contributed by atoms with Crippen molar-refractivity contribution in [1.29, 1.82) is 0 Å². The van der Waals surface area contributed by atoms with Gasteiger partial charge in [-0.05, 0) is 70.6 Å². The lowest BCUT2D eigenvalue weighted by atomic mass is 10.1. The summed E-state index contributed by atoms with van der Waals surface area (Å²) in [7, 11) is 0. The maximum absolute atomic E-state index is 12.6. The Hall–Kier alpha value is -2.32. The lowest BCUT2D eigenvalue weighted by molar-refractivity contribution is 0.0951. The number of anilines is 1. The molecule has 0 radical (unpaired) electrons. The summed E-state index contributed by atoms with van der Waals surface area (Å²) in [6, 6.07) is 15.6. The largest absolute Gasteiger partial charge is 0.459 e. The zero-order chi connectivity index (χ0) is 18.5. The van der Waals surface area contributed by atoms with Crippen LogP contribution in [0.25, 0.3) is 0 Å². The molecule has 132 valence electrons. The summed E-state index contributed by atoms with van der Waals surface area (Å²) >= 11 is 7.98. The van der Waals surface area contributed by atoms with E-state index < -0.39 is 5.91 Å². The SMILES string of the molecule is O=C(Nc1ccc(I)cc1C(=O)NCc1ccc(Cl)cc1)c1ccco1. The predicted molar refractivity (Wildman–Crippen MR) is 108 cm³/mol. The van der Waals surface area contributed by atoms with E-state index in [-0.39, 0.29) is 11.7 Å². The third kappa shape index (κ3) is 4.64. The Morgan fingerprint density at radius 2 is 1.81 bits per heavy atom. The maximum Gasteiger partial charge on any atom is 0.291 e. The molecule has 3 aromatic rings. The van der Waals surface area contributed by atoms with Gasteiger partial charge in [0.15, 0.2) is 5.76 Å². The zero-order valence-corrected chi connectivity index (χ0v) is 16.4. The molecule has 0 bridgehead atoms. The van der Waals surface area contributed by atoms with Crippen LogP contribution < -0.4 is 10.6 Å². The third-order valence-corrected chi connectivity index (χ3v) is 4.51. The molecule has 0 atom stereocenters. The number of halogens is 2. The molecule has 5 nitrogen and oxygen atoms in total. The minimum absolute atomic E-state index is 0.177. The number of carbonyl (C=O) groups excluding carboxylic acids is 2. The number of hydrogen-bond donors (Lipinski definition) is 2. The van der Waals surface area contributed by atoms with Crippen LogP contribution in [-0.2, 0) is 6.54 Å². The highest BCUT2D eigenvalue weighted by Crippen LogP contribution is 2.20. The highest BCUT2D eigenvalue weighted by molar-refractivity contribution is 14.1. The van der Waals surface area contributed by atoms with Gasteiger partial charge in [0.05, 0.1) is 17.5 Å². The van der Waals surface area contributed by atoms with Crippen LogP contribution in [0.3, 0.4) is 0 Å². The standard InChI is InChI=1S/C19H14ClIN2O3/c20-13-5-3-12(4-6-13)11-22-18(24)15-10-14(21)7-8-16(15)23-19(25)17-2-1-9-26-17/h1-10H,11H2,(H,22,24)(H,23,25). The van der Waals surface area contributed by atoms with E-state index in [1.54, 1.807) is 36.4 Å². The predicted octanol–water partition coefficient (Wildman–Crippen LogP) is 4.72. The van der Waals surface area contributed by atoms with Gasteiger partial charge in [-0.15, -0.1) is 0 Å². The third-order valence-electron chi connectivity index (χ3n) is 3.59. The number of amides is 2. The van der Waals surface area contributed by atoms with Crippen molar-refractivity contribution in [2.24, 2.45) is 0 Å². The van der Waals surface area contributed by atoms with Crippen LogP contribution in [0.5, 0.6) is 0 Å². The van der Waals surface area contributed by atoms with Crippen molar-refractivity contribution in [3.8, 4) is 0 Å². The molecule has 0 saturated heterocycles. The first kappa shape index (κ1) is 18.5. The molecular weight excluding hydrogens is 467 g/mol. The molecule has 3 rings (SSSR count). The van der Waals surface area contributed by atoms with Crippen molar-refractivity contribution in [1.82, 2.24) is 5.32 Å². The fourth-order valence-corrected chi connectivity index (χ4v) is 2.90. The second-order valence-corrected chi connectivity index (χ2v) is 7.11. The molecule has 2 N–H and O–H groups in total. The highest BCUT2D eigenvalue weighted by atomic mass is 127. The summed E-state index contributed by atoms with van der Waals surface area (Å²) in [6.45, 7) is 0.354. The van der Waals surface area contributed by atoms with Crippen LogP contribution in [0.4, 0.5) is 5.69 Å². The Balaban J connectivity index is 1.75. The Kier molecular flexibility index (Phi) is 5.95. The van der Waals surface area contributed by atoms with Gasteiger partial charge in [0.1, 0.15) is 0 Å². The van der Waals surface area contributed by atoms with Gasteiger partial charge in [-0.25, -0.2) is 0 Å². The minimum Gasteiger partial charge on any atom is -0.459 e. The normalized spacial score (nSPS) is 10.4. The summed E-state index contributed by atoms with van der Waals surface area (Å²) in [4.78, 5) is 24.8. The van der Waals surface area contributed by atoms with E-state index in [9.17, 15) is 9.59 Å². The summed E-state index contributed by atoms with van der Waals surface area (Å²) in [5.41, 5.74) is 1.72. The van der Waals surface area contributed by atoms with Crippen LogP contribution in [0.1, 0.15) is 26.5 Å². The number of benzene rings is 2. The lowest BCUT2D eigenvalue weighted by Crippen LogP contribution is -2.25. The number of rotatable bonds is 5. The average molecular weight is 481 g/mol. The fraction of sp³-hybridized carbons (Fsp3) is 0.0526. The van der Waals surface area contributed by atoms with E-state index in [1.165, 1.54) is 6.26 Å². The lowest BCUT2D eigenvalue weighted by Gasteiger charge is -2.12. The summed E-state index contributed by atoms with van der Waals surface area (Å²) in [5, 5.41) is 6.20. The van der Waals surface area contributed by atoms with Crippen molar-refractivity contribution in [2.75, 3.05) is 5.32 Å². The monoisotopic (exact) mass is 480 g/mol. The first-order valence-corrected chi connectivity index (χ1v) is 9.15. The number of furan rings is 1. The van der Waals surface area contributed by atoms with Gasteiger partial charge >= 0.3 is 0 Å². The molecular formula is C19H14ClIN2O3. The van der Waals surface area contributed by atoms with Crippen LogP contribution >= 0.6 is 34.2 Å². The highest BCUT2D eigenvalue weighted by Gasteiger charge is 2.16. The first-order valence-electron chi connectivity index (χ1n) is 7.70. The van der Waals surface area contributed by atoms with Crippen molar-refractivity contribution in [3.05, 3.63) is 86.3 Å². The van der Waals surface area contributed by atoms with Gasteiger partial charge in [0.25, 0.3) is 11.8 Å². The molecule has 0 aliphatic carbocycles. The number of carbonyl (C=O) groups is 2. The Labute approximate surface area is 168 Å². The Morgan fingerprint density at radius 3 is 2.50 bits per heavy atom. The Bertz CT molecular complexity index is 924. The van der Waals surface area contributed by atoms with E-state index in [0.717, 1.165) is 9.13 Å². The molecule has 0 aliphatic heterocycles. The quantitative estimate of drug-likeness (QED) is 0.519. The first-order chi connectivity index (χ1) is 12.5. The van der Waals surface area contributed by atoms with Crippen LogP contribution in [0.2, 0.25) is 5.02 Å². The maximum atomic E-state index is 12.6. The number of hydrogen-bond acceptors (Lipinski definition) is 3. The van der Waals surface area contributed by atoms with Crippen LogP contribution in [0, 0.1) is 3.57 Å². The molecule has 0 saturated carbocycles. The molecule has 0 spiro atoms. The molecule has 0 unspecified atom stereocenters. The van der Waals surface area contributed by atoms with Crippen molar-refractivity contribution < 1.29 is 14.0 Å². The van der Waals surface area contributed by atoms with Crippen molar-refractivity contribution >= 4 is 51.7 Å². The van der Waals surface area contributed by atoms with Crippen molar-refractivity contribution in [3.63, 3.8) is 0 Å². The van der Waals surface area contributed by atoms with E-state index in [0.29, 0.717) is 22.8 Å². The van der Waals surface area contributed by atoms with Crippen LogP contribution in [-0.4, -0.2) is 11.8 Å². The second-order valence-electron chi connectivity index (χ2n) is 5.43. The fourth-order valence-electron chi connectivity index (χ4n) is 2.28. The average Bonchev–Trinajstić information content (AvgIpc) is 3.17. The van der Waals surface area contributed by atoms with Gasteiger partial charge in [0, 0.05) is 15.1 Å². The van der Waals surface area contributed by atoms with Gasteiger partial charge in [-0.2, -0.15) is 0 Å². The second kappa shape index (κ2) is 8.37. The molecule has 1 aromatic heterocycles. The summed E-state index contributed by atoms with van der Waals surface area (Å²) in [6.07, 6.45) is 1.42. The topological polar surface area (TPSA) is 71.3 Å². The molecule has 2 amide bonds. The molecule has 1 heterocycles. The summed E-state index contributed by atoms with van der Waals surface area (Å²) < 4.78 is 5.97. The molecule has 0 aliphatic rings. The van der Waals surface area contributed by atoms with Crippen LogP contribution in [0.15, 0.2) is 65.3 Å². The molecule has 26 heavy (non-hydrogen) atoms. The van der Waals surface area contributed by atoms with Gasteiger partial charge in [0.2, 0.25) is 0 Å². The van der Waals surface area contributed by atoms with Crippen molar-refractivity contribution in [2.45, 2.75) is 6.54 Å². The molecule has 7 heteroatoms. The van der Waals surface area contributed by atoms with E-state index in [1.807, 2.05) is 18.2 Å². The summed E-state index contributed by atoms with van der Waals surface area (Å²) in [5.74, 6) is -0.521. The minimum atomic E-state index is -0.414. The van der Waals surface area contributed by atoms with Gasteiger partial charge in [-0.3, -0.25) is 9.59 Å². The zero-order valence-electron chi connectivity index (χ0n) is 13.5. The number of nitrogens with one attached hydrogen (secondary N) is 2. The van der Waals surface area contributed by atoms with E-state index >= 15 is 0 Å². The van der Waals surface area contributed by atoms with E-state index in [2.05, 4.69) is 33.2 Å². The molecule has 2 aromatic carbocycles. The van der Waals surface area contributed by atoms with E-state index in [4.69, 9.17) is 16.0 Å². The Morgan fingerprint density at radius 1 is 1.04 bits per heavy atom.